The number of carbonyl (C=O) groups is 1. The lowest BCUT2D eigenvalue weighted by Gasteiger charge is -2.33. The molecule has 0 amide bonds. The van der Waals surface area contributed by atoms with Crippen molar-refractivity contribution in [2.45, 2.75) is 70.4 Å². The van der Waals surface area contributed by atoms with E-state index in [4.69, 9.17) is 9.47 Å². The highest BCUT2D eigenvalue weighted by molar-refractivity contribution is 5.77. The van der Waals surface area contributed by atoms with Crippen LogP contribution in [0.3, 0.4) is 0 Å². The predicted molar refractivity (Wildman–Crippen MR) is 68.4 cm³/mol. The Hall–Kier alpha value is -0.780. The summed E-state index contributed by atoms with van der Waals surface area (Å²) in [5.41, 5.74) is -2.43. The Kier molecular flexibility index (Phi) is 3.50. The average Bonchev–Trinajstić information content (AvgIpc) is 3.07. The number of hydrogen-bond acceptors (Lipinski definition) is 3. The molecular weight excluding hydrogens is 285 g/mol. The maximum Gasteiger partial charge on any atom is 0.404 e. The maximum absolute atomic E-state index is 13.1. The van der Waals surface area contributed by atoms with Crippen molar-refractivity contribution >= 4 is 5.97 Å². The number of alkyl halides is 3. The van der Waals surface area contributed by atoms with E-state index in [2.05, 4.69) is 0 Å². The van der Waals surface area contributed by atoms with Gasteiger partial charge in [-0.05, 0) is 38.0 Å². The third-order valence-corrected chi connectivity index (χ3v) is 5.73. The lowest BCUT2D eigenvalue weighted by Crippen LogP contribution is -2.46. The van der Waals surface area contributed by atoms with Gasteiger partial charge in [0.25, 0.3) is 0 Å². The second-order valence-corrected chi connectivity index (χ2v) is 6.76. The second kappa shape index (κ2) is 4.86. The van der Waals surface area contributed by atoms with Gasteiger partial charge in [-0.25, -0.2) is 0 Å². The standard InChI is InChI=1S/C15H21F3O3/c1-3-14(2,15(16,17)18)13(19)21-11-7-10-8-5-4-6-9(8)12(11)20-10/h8-12H,3-7H2,1-2H3. The van der Waals surface area contributed by atoms with Gasteiger partial charge < -0.3 is 9.47 Å². The molecule has 2 bridgehead atoms. The molecule has 1 saturated carbocycles. The molecule has 0 radical (unpaired) electrons. The summed E-state index contributed by atoms with van der Waals surface area (Å²) in [6.07, 6.45) is -1.69. The van der Waals surface area contributed by atoms with Crippen molar-refractivity contribution in [3.8, 4) is 0 Å². The molecule has 0 aromatic heterocycles. The highest BCUT2D eigenvalue weighted by Crippen LogP contribution is 2.53. The quantitative estimate of drug-likeness (QED) is 0.749. The van der Waals surface area contributed by atoms with Crippen LogP contribution in [-0.4, -0.2) is 30.5 Å². The molecule has 2 saturated heterocycles. The number of hydrogen-bond donors (Lipinski definition) is 0. The van der Waals surface area contributed by atoms with Crippen LogP contribution in [0, 0.1) is 17.3 Å². The summed E-state index contributed by atoms with van der Waals surface area (Å²) in [6.45, 7) is 2.28. The highest BCUT2D eigenvalue weighted by Gasteiger charge is 2.60. The molecular formula is C15H21F3O3. The molecule has 3 fully saturated rings. The maximum atomic E-state index is 13.1. The van der Waals surface area contributed by atoms with Crippen LogP contribution in [0.1, 0.15) is 46.0 Å². The van der Waals surface area contributed by atoms with Crippen molar-refractivity contribution in [1.82, 2.24) is 0 Å². The summed E-state index contributed by atoms with van der Waals surface area (Å²) in [5.74, 6) is -0.279. The van der Waals surface area contributed by atoms with Crippen LogP contribution in [0.5, 0.6) is 0 Å². The molecule has 3 nitrogen and oxygen atoms in total. The minimum absolute atomic E-state index is 0.0686. The molecule has 0 N–H and O–H groups in total. The number of ether oxygens (including phenoxy) is 2. The topological polar surface area (TPSA) is 35.5 Å². The number of halogens is 3. The summed E-state index contributed by atoms with van der Waals surface area (Å²) in [5, 5.41) is 0. The van der Waals surface area contributed by atoms with Gasteiger partial charge in [-0.1, -0.05) is 13.3 Å². The van der Waals surface area contributed by atoms with Gasteiger partial charge in [-0.3, -0.25) is 4.79 Å². The zero-order valence-corrected chi connectivity index (χ0v) is 12.3. The van der Waals surface area contributed by atoms with E-state index < -0.39 is 23.7 Å². The Balaban J connectivity index is 1.69. The molecule has 3 rings (SSSR count). The molecule has 120 valence electrons. The Labute approximate surface area is 122 Å². The summed E-state index contributed by atoms with van der Waals surface area (Å²) >= 11 is 0. The fourth-order valence-electron chi connectivity index (χ4n) is 4.09. The molecule has 2 aliphatic heterocycles. The Morgan fingerprint density at radius 2 is 1.95 bits per heavy atom. The van der Waals surface area contributed by atoms with Crippen LogP contribution >= 0.6 is 0 Å². The molecule has 0 spiro atoms. The van der Waals surface area contributed by atoms with Crippen molar-refractivity contribution in [3.63, 3.8) is 0 Å². The molecule has 0 aromatic carbocycles. The highest BCUT2D eigenvalue weighted by atomic mass is 19.4. The van der Waals surface area contributed by atoms with Crippen molar-refractivity contribution in [3.05, 3.63) is 0 Å². The molecule has 3 aliphatic rings. The van der Waals surface area contributed by atoms with Gasteiger partial charge in [0.2, 0.25) is 0 Å². The first kappa shape index (κ1) is 15.1. The molecule has 0 aromatic rings. The third-order valence-electron chi connectivity index (χ3n) is 5.73. The van der Waals surface area contributed by atoms with E-state index in [-0.39, 0.29) is 18.6 Å². The van der Waals surface area contributed by atoms with Crippen molar-refractivity contribution in [1.29, 1.82) is 0 Å². The Morgan fingerprint density at radius 1 is 1.29 bits per heavy atom. The van der Waals surface area contributed by atoms with E-state index in [1.807, 2.05) is 0 Å². The van der Waals surface area contributed by atoms with Crippen LogP contribution < -0.4 is 0 Å². The number of esters is 1. The second-order valence-electron chi connectivity index (χ2n) is 6.76. The van der Waals surface area contributed by atoms with E-state index in [1.54, 1.807) is 0 Å². The molecule has 6 atom stereocenters. The first-order valence-electron chi connectivity index (χ1n) is 7.71. The Bertz CT molecular complexity index is 436. The van der Waals surface area contributed by atoms with Crippen molar-refractivity contribution in [2.24, 2.45) is 17.3 Å². The fraction of sp³-hybridized carbons (Fsp3) is 0.933. The lowest BCUT2D eigenvalue weighted by molar-refractivity contribution is -0.234. The van der Waals surface area contributed by atoms with Gasteiger partial charge in [0, 0.05) is 6.42 Å². The van der Waals surface area contributed by atoms with Crippen LogP contribution in [0.2, 0.25) is 0 Å². The van der Waals surface area contributed by atoms with Gasteiger partial charge in [-0.15, -0.1) is 0 Å². The fourth-order valence-corrected chi connectivity index (χ4v) is 4.09. The summed E-state index contributed by atoms with van der Waals surface area (Å²) in [6, 6.07) is 0. The number of carbonyl (C=O) groups excluding carboxylic acids is 1. The summed E-state index contributed by atoms with van der Waals surface area (Å²) in [7, 11) is 0. The number of fused-ring (bicyclic) bond motifs is 5. The largest absolute Gasteiger partial charge is 0.459 e. The van der Waals surface area contributed by atoms with Gasteiger partial charge in [0.1, 0.15) is 6.10 Å². The van der Waals surface area contributed by atoms with Gasteiger partial charge in [-0.2, -0.15) is 13.2 Å². The predicted octanol–water partition coefficient (Wildman–Crippen LogP) is 3.46. The summed E-state index contributed by atoms with van der Waals surface area (Å²) in [4.78, 5) is 12.1. The van der Waals surface area contributed by atoms with Crippen molar-refractivity contribution < 1.29 is 27.4 Å². The van der Waals surface area contributed by atoms with E-state index >= 15 is 0 Å². The first-order valence-corrected chi connectivity index (χ1v) is 7.71. The minimum Gasteiger partial charge on any atom is -0.459 e. The zero-order valence-electron chi connectivity index (χ0n) is 12.3. The van der Waals surface area contributed by atoms with Crippen LogP contribution in [-0.2, 0) is 14.3 Å². The first-order chi connectivity index (χ1) is 9.78. The molecule has 6 unspecified atom stereocenters. The van der Waals surface area contributed by atoms with Gasteiger partial charge >= 0.3 is 12.1 Å². The normalized spacial score (nSPS) is 40.9. The average molecular weight is 306 g/mol. The minimum atomic E-state index is -4.59. The monoisotopic (exact) mass is 306 g/mol. The van der Waals surface area contributed by atoms with E-state index in [9.17, 15) is 18.0 Å². The SMILES string of the molecule is CCC(C)(C(=O)OC1CC2OC1C1CCCC21)C(F)(F)F. The van der Waals surface area contributed by atoms with Crippen LogP contribution in [0.15, 0.2) is 0 Å². The van der Waals surface area contributed by atoms with Gasteiger partial charge in [0.05, 0.1) is 12.2 Å². The number of rotatable bonds is 3. The molecule has 21 heavy (non-hydrogen) atoms. The molecule has 6 heteroatoms. The van der Waals surface area contributed by atoms with Crippen LogP contribution in [0.25, 0.3) is 0 Å². The van der Waals surface area contributed by atoms with E-state index in [1.165, 1.54) is 6.92 Å². The van der Waals surface area contributed by atoms with E-state index in [0.29, 0.717) is 18.3 Å². The molecule has 1 aliphatic carbocycles. The Morgan fingerprint density at radius 3 is 2.57 bits per heavy atom. The summed E-state index contributed by atoms with van der Waals surface area (Å²) < 4.78 is 50.4. The third kappa shape index (κ3) is 2.17. The van der Waals surface area contributed by atoms with Gasteiger partial charge in [0.15, 0.2) is 5.41 Å². The lowest BCUT2D eigenvalue weighted by atomic mass is 9.80. The van der Waals surface area contributed by atoms with Crippen molar-refractivity contribution in [2.75, 3.05) is 0 Å². The zero-order chi connectivity index (χ0) is 15.4. The van der Waals surface area contributed by atoms with E-state index in [0.717, 1.165) is 26.2 Å². The van der Waals surface area contributed by atoms with Crippen LogP contribution in [0.4, 0.5) is 13.2 Å². The molecule has 2 heterocycles. The smallest absolute Gasteiger partial charge is 0.404 e.